The van der Waals surface area contributed by atoms with Crippen molar-refractivity contribution < 1.29 is 41.7 Å². The molecular formula is C19H18F4N2O5S. The highest BCUT2D eigenvalue weighted by atomic mass is 32.1. The van der Waals surface area contributed by atoms with Crippen LogP contribution in [0, 0.1) is 5.82 Å². The van der Waals surface area contributed by atoms with Gasteiger partial charge in [-0.2, -0.15) is 24.5 Å². The van der Waals surface area contributed by atoms with E-state index in [0.717, 1.165) is 6.42 Å². The number of rotatable bonds is 3. The van der Waals surface area contributed by atoms with Gasteiger partial charge in [0, 0.05) is 18.1 Å². The van der Waals surface area contributed by atoms with Gasteiger partial charge >= 0.3 is 12.1 Å². The smallest absolute Gasteiger partial charge is 0.475 e. The fourth-order valence-electron chi connectivity index (χ4n) is 3.45. The van der Waals surface area contributed by atoms with Crippen molar-refractivity contribution in [2.75, 3.05) is 13.2 Å². The van der Waals surface area contributed by atoms with E-state index in [1.165, 1.54) is 29.7 Å². The lowest BCUT2D eigenvalue weighted by molar-refractivity contribution is -0.192. The van der Waals surface area contributed by atoms with Gasteiger partial charge in [0.2, 0.25) is 0 Å². The Hall–Kier alpha value is -2.73. The topological polar surface area (TPSA) is 89.0 Å². The summed E-state index contributed by atoms with van der Waals surface area (Å²) in [5, 5.41) is 10.9. The summed E-state index contributed by atoms with van der Waals surface area (Å²) in [4.78, 5) is 27.4. The minimum atomic E-state index is -5.08. The number of morpholine rings is 1. The van der Waals surface area contributed by atoms with Gasteiger partial charge in [-0.1, -0.05) is 0 Å². The fraction of sp³-hybridized carbons (Fsp3) is 0.421. The first kappa shape index (κ1) is 22.9. The number of pyridine rings is 1. The van der Waals surface area contributed by atoms with Gasteiger partial charge in [-0.15, -0.1) is 0 Å². The van der Waals surface area contributed by atoms with Gasteiger partial charge in [0.25, 0.3) is 11.8 Å². The third kappa shape index (κ3) is 5.50. The van der Waals surface area contributed by atoms with E-state index in [0.29, 0.717) is 25.1 Å². The molecule has 1 saturated heterocycles. The van der Waals surface area contributed by atoms with E-state index in [1.54, 1.807) is 0 Å². The third-order valence-corrected chi connectivity index (χ3v) is 5.48. The Kier molecular flexibility index (Phi) is 7.11. The molecule has 2 aliphatic rings. The molecule has 1 aliphatic heterocycles. The Morgan fingerprint density at radius 1 is 1.29 bits per heavy atom. The number of amides is 1. The minimum Gasteiger partial charge on any atom is -0.475 e. The molecule has 0 unspecified atom stereocenters. The van der Waals surface area contributed by atoms with Gasteiger partial charge < -0.3 is 19.5 Å². The number of carbonyl (C=O) groups excluding carboxylic acids is 1. The maximum absolute atomic E-state index is 13.8. The van der Waals surface area contributed by atoms with Crippen molar-refractivity contribution in [3.8, 4) is 5.88 Å². The second-order valence-corrected chi connectivity index (χ2v) is 7.52. The molecule has 0 aromatic carbocycles. The first-order valence-electron chi connectivity index (χ1n) is 9.20. The summed E-state index contributed by atoms with van der Waals surface area (Å²) in [5.74, 6) is -3.22. The molecular weight excluding hydrogens is 444 g/mol. The lowest BCUT2D eigenvalue weighted by atomic mass is 10.1. The van der Waals surface area contributed by atoms with Crippen LogP contribution in [0.1, 0.15) is 23.2 Å². The summed E-state index contributed by atoms with van der Waals surface area (Å²) >= 11 is 1.51. The van der Waals surface area contributed by atoms with E-state index < -0.39 is 18.0 Å². The highest BCUT2D eigenvalue weighted by molar-refractivity contribution is 7.08. The molecule has 1 saturated carbocycles. The average Bonchev–Trinajstić information content (AvgIpc) is 3.39. The number of fused-ring (bicyclic) bond motifs is 1. The lowest BCUT2D eigenvalue weighted by Gasteiger charge is -2.38. The van der Waals surface area contributed by atoms with Crippen LogP contribution >= 0.6 is 11.3 Å². The number of aromatic nitrogens is 1. The second kappa shape index (κ2) is 9.60. The number of nitrogens with zero attached hydrogens (tertiary/aromatic N) is 2. The number of carboxylic acids is 1. The zero-order chi connectivity index (χ0) is 22.6. The molecule has 3 atom stereocenters. The van der Waals surface area contributed by atoms with E-state index in [-0.39, 0.29) is 30.0 Å². The van der Waals surface area contributed by atoms with E-state index in [9.17, 15) is 22.4 Å². The van der Waals surface area contributed by atoms with Crippen LogP contribution in [0.4, 0.5) is 17.6 Å². The van der Waals surface area contributed by atoms with Gasteiger partial charge in [0.05, 0.1) is 18.2 Å². The molecule has 0 radical (unpaired) electrons. The Bertz CT molecular complexity index is 909. The summed E-state index contributed by atoms with van der Waals surface area (Å²) < 4.78 is 57.1. The standard InChI is InChI=1S/C17H17FN2O3S.C2HF3O2/c18-12-2-1-6-19-16(12)23-14-4-3-13-15(14)22-8-7-20(13)17(21)11-5-9-24-10-11;3-2(4,5)1(6)7/h1-2,5-6,9-10,13-15H,3-4,7-8H2;(H,6,7)/t13-,14+,15+;/m0./s1. The average molecular weight is 462 g/mol. The summed E-state index contributed by atoms with van der Waals surface area (Å²) in [6, 6.07) is 4.65. The zero-order valence-electron chi connectivity index (χ0n) is 15.9. The van der Waals surface area contributed by atoms with Crippen LogP contribution in [-0.2, 0) is 9.53 Å². The molecule has 3 heterocycles. The van der Waals surface area contributed by atoms with Crippen LogP contribution < -0.4 is 4.74 Å². The van der Waals surface area contributed by atoms with Gasteiger partial charge in [0.15, 0.2) is 5.82 Å². The van der Waals surface area contributed by atoms with Gasteiger partial charge in [-0.25, -0.2) is 14.2 Å². The number of halogens is 4. The van der Waals surface area contributed by atoms with Crippen molar-refractivity contribution >= 4 is 23.2 Å². The molecule has 1 amide bonds. The number of ether oxygens (including phenoxy) is 2. The molecule has 1 N–H and O–H groups in total. The highest BCUT2D eigenvalue weighted by Gasteiger charge is 2.46. The molecule has 2 aromatic heterocycles. The van der Waals surface area contributed by atoms with Crippen LogP contribution in [0.3, 0.4) is 0 Å². The first-order chi connectivity index (χ1) is 14.7. The quantitative estimate of drug-likeness (QED) is 0.704. The largest absolute Gasteiger partial charge is 0.490 e. The zero-order valence-corrected chi connectivity index (χ0v) is 16.7. The van der Waals surface area contributed by atoms with Gasteiger partial charge in [-0.05, 0) is 36.4 Å². The number of thiophene rings is 1. The molecule has 0 spiro atoms. The van der Waals surface area contributed by atoms with Crippen LogP contribution in [0.15, 0.2) is 35.2 Å². The maximum Gasteiger partial charge on any atom is 0.490 e. The highest BCUT2D eigenvalue weighted by Crippen LogP contribution is 2.34. The van der Waals surface area contributed by atoms with Crippen LogP contribution in [0.25, 0.3) is 0 Å². The molecule has 1 aliphatic carbocycles. The number of hydrogen-bond donors (Lipinski definition) is 1. The third-order valence-electron chi connectivity index (χ3n) is 4.79. The monoisotopic (exact) mass is 462 g/mol. The molecule has 12 heteroatoms. The Morgan fingerprint density at radius 3 is 2.65 bits per heavy atom. The summed E-state index contributed by atoms with van der Waals surface area (Å²) in [6.07, 6.45) is -2.64. The van der Waals surface area contributed by atoms with E-state index in [1.807, 2.05) is 21.7 Å². The molecule has 168 valence electrons. The predicted octanol–water partition coefficient (Wildman–Crippen LogP) is 3.37. The van der Waals surface area contributed by atoms with E-state index in [4.69, 9.17) is 19.4 Å². The van der Waals surface area contributed by atoms with Gasteiger partial charge in [-0.3, -0.25) is 4.79 Å². The number of alkyl halides is 3. The van der Waals surface area contributed by atoms with Crippen LogP contribution in [-0.4, -0.2) is 64.4 Å². The Labute approximate surface area is 178 Å². The van der Waals surface area contributed by atoms with Gasteiger partial charge in [0.1, 0.15) is 12.2 Å². The van der Waals surface area contributed by atoms with Crippen molar-refractivity contribution in [3.63, 3.8) is 0 Å². The molecule has 2 fully saturated rings. The molecule has 2 aromatic rings. The molecule has 7 nitrogen and oxygen atoms in total. The van der Waals surface area contributed by atoms with Crippen molar-refractivity contribution in [3.05, 3.63) is 46.5 Å². The normalized spacial score (nSPS) is 22.8. The Balaban J connectivity index is 0.000000339. The van der Waals surface area contributed by atoms with Crippen molar-refractivity contribution in [1.29, 1.82) is 0 Å². The second-order valence-electron chi connectivity index (χ2n) is 6.74. The SMILES string of the molecule is O=C(O)C(F)(F)F.O=C(c1ccsc1)N1CCO[C@H]2[C@H](Oc3ncccc3F)CC[C@@H]21. The number of hydrogen-bond acceptors (Lipinski definition) is 6. The lowest BCUT2D eigenvalue weighted by Crippen LogP contribution is -2.54. The minimum absolute atomic E-state index is 0.00645. The van der Waals surface area contributed by atoms with Crippen molar-refractivity contribution in [2.45, 2.75) is 37.3 Å². The molecule has 0 bridgehead atoms. The van der Waals surface area contributed by atoms with Crippen molar-refractivity contribution in [2.24, 2.45) is 0 Å². The molecule has 31 heavy (non-hydrogen) atoms. The predicted molar refractivity (Wildman–Crippen MR) is 100 cm³/mol. The van der Waals surface area contributed by atoms with Crippen molar-refractivity contribution in [1.82, 2.24) is 9.88 Å². The first-order valence-corrected chi connectivity index (χ1v) is 10.1. The van der Waals surface area contributed by atoms with Crippen LogP contribution in [0.5, 0.6) is 5.88 Å². The Morgan fingerprint density at radius 2 is 2.03 bits per heavy atom. The summed E-state index contributed by atoms with van der Waals surface area (Å²) in [7, 11) is 0. The maximum atomic E-state index is 13.8. The molecule has 4 rings (SSSR count). The van der Waals surface area contributed by atoms with Crippen LogP contribution in [0.2, 0.25) is 0 Å². The number of aliphatic carboxylic acids is 1. The number of carboxylic acid groups (broad SMARTS) is 1. The van der Waals surface area contributed by atoms with E-state index >= 15 is 0 Å². The summed E-state index contributed by atoms with van der Waals surface area (Å²) in [6.45, 7) is 1.03. The fourth-order valence-corrected chi connectivity index (χ4v) is 4.08. The summed E-state index contributed by atoms with van der Waals surface area (Å²) in [5.41, 5.74) is 0.709. The number of carbonyl (C=O) groups is 2. The van der Waals surface area contributed by atoms with E-state index in [2.05, 4.69) is 4.98 Å².